The molecule has 7 heteroatoms. The van der Waals surface area contributed by atoms with Crippen molar-refractivity contribution in [3.05, 3.63) is 0 Å². The molecule has 1 atom stereocenters. The maximum absolute atomic E-state index is 12.3. The lowest BCUT2D eigenvalue weighted by Crippen LogP contribution is -2.53. The van der Waals surface area contributed by atoms with Crippen LogP contribution in [-0.4, -0.2) is 37.9 Å². The molecular formula is C11H24ClN3O2S. The van der Waals surface area contributed by atoms with Crippen LogP contribution in [0.1, 0.15) is 44.9 Å². The lowest BCUT2D eigenvalue weighted by molar-refractivity contribution is 0.253. The fourth-order valence-electron chi connectivity index (χ4n) is 2.85. The lowest BCUT2D eigenvalue weighted by Gasteiger charge is -2.34. The number of rotatable bonds is 4. The van der Waals surface area contributed by atoms with Crippen molar-refractivity contribution in [2.45, 2.75) is 57.0 Å². The molecule has 1 unspecified atom stereocenters. The molecule has 0 aromatic carbocycles. The molecule has 5 nitrogen and oxygen atoms in total. The van der Waals surface area contributed by atoms with E-state index >= 15 is 0 Å². The molecule has 1 heterocycles. The molecule has 1 aliphatic heterocycles. The van der Waals surface area contributed by atoms with Crippen molar-refractivity contribution in [1.29, 1.82) is 0 Å². The van der Waals surface area contributed by atoms with Crippen molar-refractivity contribution < 1.29 is 8.42 Å². The number of halogens is 1. The third-order valence-corrected chi connectivity index (χ3v) is 5.55. The van der Waals surface area contributed by atoms with Gasteiger partial charge in [-0.2, -0.15) is 17.4 Å². The molecule has 0 radical (unpaired) electrons. The van der Waals surface area contributed by atoms with Gasteiger partial charge in [0.2, 0.25) is 0 Å². The van der Waals surface area contributed by atoms with E-state index in [2.05, 4.69) is 4.72 Å². The third kappa shape index (κ3) is 3.81. The van der Waals surface area contributed by atoms with Crippen LogP contribution in [0, 0.1) is 0 Å². The van der Waals surface area contributed by atoms with E-state index in [1.807, 2.05) is 0 Å². The Balaban J connectivity index is 0.00000162. The Morgan fingerprint density at radius 3 is 2.33 bits per heavy atom. The van der Waals surface area contributed by atoms with Crippen LogP contribution in [0.2, 0.25) is 0 Å². The highest BCUT2D eigenvalue weighted by atomic mass is 35.5. The second kappa shape index (κ2) is 7.05. The summed E-state index contributed by atoms with van der Waals surface area (Å²) in [5.74, 6) is 0. The SMILES string of the molecule is Cl.NCC1CCCCN1S(=O)(=O)NC1CCCC1. The zero-order valence-electron chi connectivity index (χ0n) is 10.7. The van der Waals surface area contributed by atoms with Crippen molar-refractivity contribution >= 4 is 22.6 Å². The fraction of sp³-hybridized carbons (Fsp3) is 1.00. The van der Waals surface area contributed by atoms with Crippen molar-refractivity contribution in [1.82, 2.24) is 9.03 Å². The molecule has 2 aliphatic rings. The molecular weight excluding hydrogens is 274 g/mol. The largest absolute Gasteiger partial charge is 0.329 e. The van der Waals surface area contributed by atoms with Gasteiger partial charge in [0, 0.05) is 25.2 Å². The lowest BCUT2D eigenvalue weighted by atomic mass is 10.1. The molecule has 1 saturated carbocycles. The highest BCUT2D eigenvalue weighted by Gasteiger charge is 2.33. The van der Waals surface area contributed by atoms with Gasteiger partial charge in [-0.05, 0) is 25.7 Å². The second-order valence-corrected chi connectivity index (χ2v) is 6.76. The van der Waals surface area contributed by atoms with Crippen LogP contribution in [0.3, 0.4) is 0 Å². The Morgan fingerprint density at radius 1 is 1.11 bits per heavy atom. The van der Waals surface area contributed by atoms with Crippen molar-refractivity contribution in [2.75, 3.05) is 13.1 Å². The number of hydrogen-bond acceptors (Lipinski definition) is 3. The Hall–Kier alpha value is 0.120. The standard InChI is InChI=1S/C11H23N3O2S.ClH/c12-9-11-7-3-4-8-14(11)17(15,16)13-10-5-1-2-6-10;/h10-11,13H,1-9,12H2;1H. The maximum Gasteiger partial charge on any atom is 0.279 e. The van der Waals surface area contributed by atoms with Crippen LogP contribution >= 0.6 is 12.4 Å². The van der Waals surface area contributed by atoms with Crippen molar-refractivity contribution in [3.8, 4) is 0 Å². The first kappa shape index (κ1) is 16.2. The third-order valence-electron chi connectivity index (χ3n) is 3.82. The van der Waals surface area contributed by atoms with Gasteiger partial charge in [0.25, 0.3) is 10.2 Å². The maximum atomic E-state index is 12.3. The van der Waals surface area contributed by atoms with Gasteiger partial charge in [-0.1, -0.05) is 19.3 Å². The monoisotopic (exact) mass is 297 g/mol. The molecule has 0 aromatic heterocycles. The van der Waals surface area contributed by atoms with Gasteiger partial charge in [-0.25, -0.2) is 0 Å². The van der Waals surface area contributed by atoms with E-state index < -0.39 is 10.2 Å². The summed E-state index contributed by atoms with van der Waals surface area (Å²) in [6.07, 6.45) is 7.13. The zero-order valence-corrected chi connectivity index (χ0v) is 12.3. The molecule has 0 spiro atoms. The summed E-state index contributed by atoms with van der Waals surface area (Å²) >= 11 is 0. The van der Waals surface area contributed by atoms with Gasteiger partial charge < -0.3 is 5.73 Å². The van der Waals surface area contributed by atoms with E-state index in [-0.39, 0.29) is 24.5 Å². The normalized spacial score (nSPS) is 27.1. The van der Waals surface area contributed by atoms with E-state index in [0.29, 0.717) is 13.1 Å². The molecule has 0 aromatic rings. The molecule has 3 N–H and O–H groups in total. The Morgan fingerprint density at radius 2 is 1.72 bits per heavy atom. The predicted octanol–water partition coefficient (Wildman–Crippen LogP) is 0.998. The van der Waals surface area contributed by atoms with E-state index in [1.54, 1.807) is 4.31 Å². The molecule has 0 bridgehead atoms. The highest BCUT2D eigenvalue weighted by molar-refractivity contribution is 7.87. The summed E-state index contributed by atoms with van der Waals surface area (Å²) in [5.41, 5.74) is 5.66. The quantitative estimate of drug-likeness (QED) is 0.813. The minimum absolute atomic E-state index is 0. The summed E-state index contributed by atoms with van der Waals surface area (Å²) in [5, 5.41) is 0. The van der Waals surface area contributed by atoms with Crippen molar-refractivity contribution in [2.24, 2.45) is 5.73 Å². The van der Waals surface area contributed by atoms with Gasteiger partial charge in [-0.15, -0.1) is 12.4 Å². The average molecular weight is 298 g/mol. The van der Waals surface area contributed by atoms with Crippen molar-refractivity contribution in [3.63, 3.8) is 0 Å². The molecule has 18 heavy (non-hydrogen) atoms. The summed E-state index contributed by atoms with van der Waals surface area (Å²) < 4.78 is 29.0. The molecule has 1 saturated heterocycles. The predicted molar refractivity (Wildman–Crippen MR) is 75.0 cm³/mol. The number of hydrogen-bond donors (Lipinski definition) is 2. The van der Waals surface area contributed by atoms with Gasteiger partial charge in [0.1, 0.15) is 0 Å². The van der Waals surface area contributed by atoms with Crippen LogP contribution in [0.5, 0.6) is 0 Å². The molecule has 108 valence electrons. The highest BCUT2D eigenvalue weighted by Crippen LogP contribution is 2.22. The fourth-order valence-corrected chi connectivity index (χ4v) is 4.59. The molecule has 2 fully saturated rings. The van der Waals surface area contributed by atoms with E-state index in [4.69, 9.17) is 5.73 Å². The Bertz CT molecular complexity index is 344. The Kier molecular flexibility index (Phi) is 6.34. The zero-order chi connectivity index (χ0) is 12.3. The Labute approximate surface area is 116 Å². The smallest absolute Gasteiger partial charge is 0.279 e. The van der Waals surface area contributed by atoms with E-state index in [0.717, 1.165) is 44.9 Å². The summed E-state index contributed by atoms with van der Waals surface area (Å²) in [6.45, 7) is 1.04. The minimum atomic E-state index is -3.32. The first-order valence-electron chi connectivity index (χ1n) is 6.62. The van der Waals surface area contributed by atoms with Gasteiger partial charge >= 0.3 is 0 Å². The molecule has 0 amide bonds. The van der Waals surface area contributed by atoms with Gasteiger partial charge in [0.15, 0.2) is 0 Å². The van der Waals surface area contributed by atoms with Crippen LogP contribution in [0.4, 0.5) is 0 Å². The first-order valence-corrected chi connectivity index (χ1v) is 8.06. The number of nitrogens with zero attached hydrogens (tertiary/aromatic N) is 1. The molecule has 2 rings (SSSR count). The summed E-state index contributed by atoms with van der Waals surface area (Å²) in [4.78, 5) is 0. The van der Waals surface area contributed by atoms with Gasteiger partial charge in [-0.3, -0.25) is 0 Å². The van der Waals surface area contributed by atoms with E-state index in [1.165, 1.54) is 0 Å². The van der Waals surface area contributed by atoms with Crippen LogP contribution < -0.4 is 10.5 Å². The summed E-state index contributed by atoms with van der Waals surface area (Å²) in [6, 6.07) is 0.128. The van der Waals surface area contributed by atoms with Crippen LogP contribution in [0.15, 0.2) is 0 Å². The first-order chi connectivity index (χ1) is 8.13. The minimum Gasteiger partial charge on any atom is -0.329 e. The van der Waals surface area contributed by atoms with Gasteiger partial charge in [0.05, 0.1) is 0 Å². The summed E-state index contributed by atoms with van der Waals surface area (Å²) in [7, 11) is -3.32. The van der Waals surface area contributed by atoms with E-state index in [9.17, 15) is 8.42 Å². The number of nitrogens with one attached hydrogen (secondary N) is 1. The average Bonchev–Trinajstić information content (AvgIpc) is 2.81. The molecule has 1 aliphatic carbocycles. The number of piperidine rings is 1. The van der Waals surface area contributed by atoms with Crippen LogP contribution in [-0.2, 0) is 10.2 Å². The number of nitrogens with two attached hydrogens (primary N) is 1. The second-order valence-electron chi connectivity index (χ2n) is 5.10. The van der Waals surface area contributed by atoms with Crippen LogP contribution in [0.25, 0.3) is 0 Å². The topological polar surface area (TPSA) is 75.4 Å².